The molecule has 1 saturated carbocycles. The molecule has 0 bridgehead atoms. The zero-order chi connectivity index (χ0) is 11.8. The molecule has 0 amide bonds. The van der Waals surface area contributed by atoms with Crippen LogP contribution in [0.25, 0.3) is 0 Å². The molecule has 1 fully saturated rings. The van der Waals surface area contributed by atoms with Crippen LogP contribution < -0.4 is 0 Å². The van der Waals surface area contributed by atoms with Crippen molar-refractivity contribution in [3.8, 4) is 0 Å². The van der Waals surface area contributed by atoms with E-state index in [9.17, 15) is 0 Å². The average Bonchev–Trinajstić information content (AvgIpc) is 2.46. The molecule has 0 nitrogen and oxygen atoms in total. The summed E-state index contributed by atoms with van der Waals surface area (Å²) in [6.45, 7) is 6.87. The molecule has 1 aliphatic heterocycles. The first-order valence-electron chi connectivity index (χ1n) is 6.62. The highest BCUT2D eigenvalue weighted by Crippen LogP contribution is 2.51. The van der Waals surface area contributed by atoms with Crippen molar-refractivity contribution in [2.45, 2.75) is 69.9 Å². The quantitative estimate of drug-likeness (QED) is 0.547. The molecule has 1 heterocycles. The lowest BCUT2D eigenvalue weighted by Gasteiger charge is -2.30. The van der Waals surface area contributed by atoms with Crippen LogP contribution in [0.1, 0.15) is 59.3 Å². The Kier molecular flexibility index (Phi) is 3.78. The van der Waals surface area contributed by atoms with E-state index in [1.54, 1.807) is 10.5 Å². The molecule has 1 aliphatic carbocycles. The predicted molar refractivity (Wildman–Crippen MR) is 75.1 cm³/mol. The number of allylic oxidation sites excluding steroid dienone is 2. The molecule has 88 valence electrons. The van der Waals surface area contributed by atoms with Gasteiger partial charge in [0.15, 0.2) is 0 Å². The fourth-order valence-electron chi connectivity index (χ4n) is 3.16. The topological polar surface area (TPSA) is 0 Å². The van der Waals surface area contributed by atoms with Crippen LogP contribution in [0, 0.1) is 5.92 Å². The Morgan fingerprint density at radius 3 is 2.75 bits per heavy atom. The van der Waals surface area contributed by atoms with Crippen molar-refractivity contribution in [2.75, 3.05) is 0 Å². The molecule has 2 radical (unpaired) electrons. The third kappa shape index (κ3) is 2.69. The summed E-state index contributed by atoms with van der Waals surface area (Å²) in [5.41, 5.74) is 1.65. The number of hydrogen-bond donors (Lipinski definition) is 0. The standard InChI is InChI=1S/C14H23BS/c1-10-11(2)16-13-9-14(3,15)8-6-4-5-7-12(10)13/h12-13H,4-9H2,1-3H3. The van der Waals surface area contributed by atoms with Gasteiger partial charge in [-0.25, -0.2) is 0 Å². The summed E-state index contributed by atoms with van der Waals surface area (Å²) >= 11 is 2.09. The van der Waals surface area contributed by atoms with E-state index in [0.717, 1.165) is 11.2 Å². The second kappa shape index (κ2) is 4.80. The zero-order valence-electron chi connectivity index (χ0n) is 10.9. The van der Waals surface area contributed by atoms with Gasteiger partial charge in [0.05, 0.1) is 7.85 Å². The lowest BCUT2D eigenvalue weighted by Crippen LogP contribution is -2.20. The summed E-state index contributed by atoms with van der Waals surface area (Å²) < 4.78 is 0. The fourth-order valence-corrected chi connectivity index (χ4v) is 4.92. The molecule has 0 aromatic carbocycles. The van der Waals surface area contributed by atoms with Crippen LogP contribution in [-0.4, -0.2) is 13.1 Å². The fraction of sp³-hybridized carbons (Fsp3) is 0.857. The van der Waals surface area contributed by atoms with E-state index < -0.39 is 0 Å². The van der Waals surface area contributed by atoms with Gasteiger partial charge < -0.3 is 0 Å². The van der Waals surface area contributed by atoms with E-state index in [1.165, 1.54) is 38.5 Å². The van der Waals surface area contributed by atoms with E-state index in [1.807, 2.05) is 0 Å². The minimum absolute atomic E-state index is 0.0607. The molecule has 0 spiro atoms. The van der Waals surface area contributed by atoms with Crippen molar-refractivity contribution in [3.63, 3.8) is 0 Å². The van der Waals surface area contributed by atoms with Gasteiger partial charge in [-0.2, -0.15) is 0 Å². The largest absolute Gasteiger partial charge is 0.127 e. The van der Waals surface area contributed by atoms with Crippen LogP contribution >= 0.6 is 11.8 Å². The molecule has 2 heteroatoms. The van der Waals surface area contributed by atoms with Crippen molar-refractivity contribution in [3.05, 3.63) is 10.5 Å². The van der Waals surface area contributed by atoms with Crippen molar-refractivity contribution < 1.29 is 0 Å². The maximum atomic E-state index is 6.43. The summed E-state index contributed by atoms with van der Waals surface area (Å²) in [5, 5.41) is 0.818. The number of thioether (sulfide) groups is 1. The van der Waals surface area contributed by atoms with Crippen molar-refractivity contribution in [2.24, 2.45) is 5.92 Å². The Hall–Kier alpha value is 0.155. The van der Waals surface area contributed by atoms with Gasteiger partial charge in [0.2, 0.25) is 0 Å². The lowest BCUT2D eigenvalue weighted by molar-refractivity contribution is 0.461. The molecule has 0 aromatic heterocycles. The molecule has 3 atom stereocenters. The van der Waals surface area contributed by atoms with Crippen LogP contribution in [-0.2, 0) is 0 Å². The molecule has 0 N–H and O–H groups in total. The van der Waals surface area contributed by atoms with E-state index >= 15 is 0 Å². The smallest absolute Gasteiger partial charge is 0.0743 e. The highest BCUT2D eigenvalue weighted by molar-refractivity contribution is 8.03. The predicted octanol–water partition coefficient (Wildman–Crippen LogP) is 4.71. The maximum Gasteiger partial charge on any atom is 0.0743 e. The molecule has 0 saturated heterocycles. The molecular formula is C14H23BS. The molecule has 2 aliphatic rings. The van der Waals surface area contributed by atoms with E-state index in [2.05, 4.69) is 32.5 Å². The average molecular weight is 234 g/mol. The Labute approximate surface area is 106 Å². The van der Waals surface area contributed by atoms with Gasteiger partial charge in [-0.05, 0) is 37.5 Å². The normalized spacial score (nSPS) is 41.2. The minimum atomic E-state index is 0.0607. The van der Waals surface area contributed by atoms with E-state index in [0.29, 0.717) is 0 Å². The summed E-state index contributed by atoms with van der Waals surface area (Å²) in [5.74, 6) is 0.811. The second-order valence-electron chi connectivity index (χ2n) is 5.96. The summed E-state index contributed by atoms with van der Waals surface area (Å²) in [6.07, 6.45) is 7.86. The van der Waals surface area contributed by atoms with Gasteiger partial charge in [0, 0.05) is 5.25 Å². The van der Waals surface area contributed by atoms with Gasteiger partial charge in [-0.1, -0.05) is 43.5 Å². The van der Waals surface area contributed by atoms with Crippen LogP contribution in [0.4, 0.5) is 0 Å². The molecule has 0 aromatic rings. The van der Waals surface area contributed by atoms with Crippen LogP contribution in [0.15, 0.2) is 10.5 Å². The first-order chi connectivity index (χ1) is 7.49. The molecule has 3 unspecified atom stereocenters. The third-order valence-corrected chi connectivity index (χ3v) is 5.79. The van der Waals surface area contributed by atoms with Crippen molar-refractivity contribution >= 4 is 19.6 Å². The SMILES string of the molecule is [B]C1(C)CCCCCC2C(C)=C(C)SC2C1. The van der Waals surface area contributed by atoms with Crippen molar-refractivity contribution in [1.82, 2.24) is 0 Å². The molecule has 2 rings (SSSR count). The summed E-state index contributed by atoms with van der Waals surface area (Å²) in [4.78, 5) is 1.56. The molecular weight excluding hydrogens is 211 g/mol. The number of hydrogen-bond acceptors (Lipinski definition) is 1. The van der Waals surface area contributed by atoms with Crippen LogP contribution in [0.5, 0.6) is 0 Å². The van der Waals surface area contributed by atoms with E-state index in [4.69, 9.17) is 7.85 Å². The van der Waals surface area contributed by atoms with Crippen LogP contribution in [0.3, 0.4) is 0 Å². The first kappa shape index (κ1) is 12.6. The van der Waals surface area contributed by atoms with Gasteiger partial charge in [0.25, 0.3) is 0 Å². The highest BCUT2D eigenvalue weighted by Gasteiger charge is 2.35. The van der Waals surface area contributed by atoms with Gasteiger partial charge in [0.1, 0.15) is 0 Å². The van der Waals surface area contributed by atoms with E-state index in [-0.39, 0.29) is 5.31 Å². The minimum Gasteiger partial charge on any atom is -0.127 e. The van der Waals surface area contributed by atoms with Gasteiger partial charge >= 0.3 is 0 Å². The zero-order valence-corrected chi connectivity index (χ0v) is 11.7. The second-order valence-corrected chi connectivity index (χ2v) is 7.41. The summed E-state index contributed by atoms with van der Waals surface area (Å²) in [7, 11) is 6.43. The first-order valence-corrected chi connectivity index (χ1v) is 7.50. The third-order valence-electron chi connectivity index (χ3n) is 4.32. The number of fused-ring (bicyclic) bond motifs is 1. The monoisotopic (exact) mass is 234 g/mol. The maximum absolute atomic E-state index is 6.43. The van der Waals surface area contributed by atoms with Gasteiger partial charge in [-0.3, -0.25) is 0 Å². The Morgan fingerprint density at radius 1 is 1.25 bits per heavy atom. The Bertz CT molecular complexity index is 293. The van der Waals surface area contributed by atoms with Gasteiger partial charge in [-0.15, -0.1) is 11.8 Å². The van der Waals surface area contributed by atoms with Crippen LogP contribution in [0.2, 0.25) is 5.31 Å². The van der Waals surface area contributed by atoms with Crippen molar-refractivity contribution in [1.29, 1.82) is 0 Å². The highest BCUT2D eigenvalue weighted by atomic mass is 32.2. The molecule has 16 heavy (non-hydrogen) atoms. The Balaban J connectivity index is 2.14. The lowest BCUT2D eigenvalue weighted by atomic mass is 9.64. The Morgan fingerprint density at radius 2 is 2.00 bits per heavy atom. The number of rotatable bonds is 0. The summed E-state index contributed by atoms with van der Waals surface area (Å²) in [6, 6.07) is 0.